The number of hydrogen-bond acceptors (Lipinski definition) is 2. The summed E-state index contributed by atoms with van der Waals surface area (Å²) in [5.74, 6) is -6.52. The maximum Gasteiger partial charge on any atom is 0.228 e. The molecule has 3 rings (SSSR count). The van der Waals surface area contributed by atoms with Gasteiger partial charge in [-0.2, -0.15) is 0 Å². The first-order valence-electron chi connectivity index (χ1n) is 8.10. The molecule has 0 aromatic heterocycles. The Bertz CT molecular complexity index is 899. The number of carbonyl (C=O) groups excluding carboxylic acids is 2. The van der Waals surface area contributed by atoms with Crippen molar-refractivity contribution in [1.82, 2.24) is 0 Å². The Labute approximate surface area is 148 Å². The van der Waals surface area contributed by atoms with E-state index in [0.717, 1.165) is 23.3 Å². The van der Waals surface area contributed by atoms with Crippen molar-refractivity contribution in [2.75, 3.05) is 10.6 Å². The average molecular weight is 362 g/mol. The first kappa shape index (κ1) is 18.0. The van der Waals surface area contributed by atoms with Crippen LogP contribution in [0.1, 0.15) is 17.5 Å². The van der Waals surface area contributed by atoms with E-state index in [4.69, 9.17) is 0 Å². The fourth-order valence-corrected chi connectivity index (χ4v) is 2.68. The quantitative estimate of drug-likeness (QED) is 0.810. The van der Waals surface area contributed by atoms with Gasteiger partial charge in [0, 0.05) is 5.69 Å². The average Bonchev–Trinajstić information content (AvgIpc) is 3.39. The topological polar surface area (TPSA) is 58.2 Å². The molecule has 7 heteroatoms. The van der Waals surface area contributed by atoms with Gasteiger partial charge < -0.3 is 10.6 Å². The highest BCUT2D eigenvalue weighted by atomic mass is 19.2. The number of nitrogens with one attached hydrogen (secondary N) is 2. The summed E-state index contributed by atoms with van der Waals surface area (Å²) in [5.41, 5.74) is 2.31. The van der Waals surface area contributed by atoms with E-state index in [1.165, 1.54) is 0 Å². The number of anilines is 2. The monoisotopic (exact) mass is 362 g/mol. The molecule has 2 aromatic rings. The van der Waals surface area contributed by atoms with E-state index in [9.17, 15) is 22.8 Å². The zero-order valence-corrected chi connectivity index (χ0v) is 14.2. The normalized spacial score (nSPS) is 18.3. The van der Waals surface area contributed by atoms with Gasteiger partial charge in [-0.05, 0) is 55.7 Å². The van der Waals surface area contributed by atoms with Crippen molar-refractivity contribution in [3.05, 3.63) is 58.9 Å². The van der Waals surface area contributed by atoms with Crippen molar-refractivity contribution >= 4 is 23.2 Å². The van der Waals surface area contributed by atoms with Gasteiger partial charge >= 0.3 is 0 Å². The number of carbonyl (C=O) groups is 2. The zero-order chi connectivity index (χ0) is 19.0. The van der Waals surface area contributed by atoms with Crippen LogP contribution in [0, 0.1) is 43.1 Å². The lowest BCUT2D eigenvalue weighted by Crippen LogP contribution is -2.21. The van der Waals surface area contributed by atoms with E-state index >= 15 is 0 Å². The number of hydrogen-bond donors (Lipinski definition) is 2. The third kappa shape index (κ3) is 3.56. The Morgan fingerprint density at radius 3 is 2.19 bits per heavy atom. The molecule has 0 radical (unpaired) electrons. The molecule has 2 unspecified atom stereocenters. The van der Waals surface area contributed by atoms with Gasteiger partial charge in [0.2, 0.25) is 11.8 Å². The maximum atomic E-state index is 13.6. The molecular weight excluding hydrogens is 345 g/mol. The number of rotatable bonds is 4. The number of aryl methyl sites for hydroxylation is 2. The largest absolute Gasteiger partial charge is 0.326 e. The lowest BCUT2D eigenvalue weighted by Gasteiger charge is -2.09. The van der Waals surface area contributed by atoms with E-state index < -0.39 is 40.9 Å². The number of amides is 2. The highest BCUT2D eigenvalue weighted by molar-refractivity contribution is 6.03. The molecule has 4 nitrogen and oxygen atoms in total. The second-order valence-electron chi connectivity index (χ2n) is 6.45. The third-order valence-corrected chi connectivity index (χ3v) is 4.53. The molecule has 1 aliphatic carbocycles. The van der Waals surface area contributed by atoms with Crippen LogP contribution in [-0.4, -0.2) is 11.8 Å². The third-order valence-electron chi connectivity index (χ3n) is 4.53. The van der Waals surface area contributed by atoms with Crippen LogP contribution >= 0.6 is 0 Å². The smallest absolute Gasteiger partial charge is 0.228 e. The molecule has 1 aliphatic rings. The summed E-state index contributed by atoms with van der Waals surface area (Å²) in [4.78, 5) is 24.3. The lowest BCUT2D eigenvalue weighted by molar-refractivity contribution is -0.122. The molecule has 0 saturated heterocycles. The lowest BCUT2D eigenvalue weighted by atomic mass is 10.1. The van der Waals surface area contributed by atoms with Crippen LogP contribution in [0.5, 0.6) is 0 Å². The molecule has 1 fully saturated rings. The zero-order valence-electron chi connectivity index (χ0n) is 14.2. The van der Waals surface area contributed by atoms with Gasteiger partial charge in [0.25, 0.3) is 0 Å². The Morgan fingerprint density at radius 2 is 1.54 bits per heavy atom. The van der Waals surface area contributed by atoms with Gasteiger partial charge in [-0.3, -0.25) is 9.59 Å². The molecular formula is C19H17F3N2O2. The summed E-state index contributed by atoms with van der Waals surface area (Å²) in [5, 5.41) is 4.95. The SMILES string of the molecule is Cc1ccc(NC(=O)C2CC2C(=O)Nc2ccc(F)c(F)c2F)cc1C. The minimum absolute atomic E-state index is 0.306. The van der Waals surface area contributed by atoms with Crippen molar-refractivity contribution in [3.63, 3.8) is 0 Å². The van der Waals surface area contributed by atoms with E-state index in [-0.39, 0.29) is 5.91 Å². The highest BCUT2D eigenvalue weighted by Crippen LogP contribution is 2.40. The summed E-state index contributed by atoms with van der Waals surface area (Å²) >= 11 is 0. The van der Waals surface area contributed by atoms with E-state index in [1.54, 1.807) is 6.07 Å². The summed E-state index contributed by atoms with van der Waals surface area (Å²) in [6, 6.07) is 7.16. The van der Waals surface area contributed by atoms with Crippen molar-refractivity contribution in [1.29, 1.82) is 0 Å². The van der Waals surface area contributed by atoms with Crippen LogP contribution in [0.4, 0.5) is 24.5 Å². The van der Waals surface area contributed by atoms with Crippen LogP contribution in [0.2, 0.25) is 0 Å². The van der Waals surface area contributed by atoms with Gasteiger partial charge in [0.15, 0.2) is 17.5 Å². The number of benzene rings is 2. The van der Waals surface area contributed by atoms with Gasteiger partial charge in [-0.15, -0.1) is 0 Å². The minimum atomic E-state index is -1.65. The first-order chi connectivity index (χ1) is 12.3. The molecule has 26 heavy (non-hydrogen) atoms. The Morgan fingerprint density at radius 1 is 0.885 bits per heavy atom. The molecule has 0 aliphatic heterocycles. The first-order valence-corrected chi connectivity index (χ1v) is 8.10. The molecule has 0 spiro atoms. The van der Waals surface area contributed by atoms with Gasteiger partial charge in [-0.25, -0.2) is 13.2 Å². The predicted molar refractivity (Wildman–Crippen MR) is 91.1 cm³/mol. The fourth-order valence-electron chi connectivity index (χ4n) is 2.68. The van der Waals surface area contributed by atoms with E-state index in [0.29, 0.717) is 12.1 Å². The minimum Gasteiger partial charge on any atom is -0.326 e. The summed E-state index contributed by atoms with van der Waals surface area (Å²) in [6.45, 7) is 3.88. The summed E-state index contributed by atoms with van der Waals surface area (Å²) < 4.78 is 39.7. The van der Waals surface area contributed by atoms with Crippen molar-refractivity contribution in [2.24, 2.45) is 11.8 Å². The second-order valence-corrected chi connectivity index (χ2v) is 6.45. The van der Waals surface area contributed by atoms with Crippen LogP contribution in [0.15, 0.2) is 30.3 Å². The fraction of sp³-hybridized carbons (Fsp3) is 0.263. The highest BCUT2D eigenvalue weighted by Gasteiger charge is 2.48. The molecule has 0 bridgehead atoms. The molecule has 1 saturated carbocycles. The van der Waals surface area contributed by atoms with E-state index in [1.807, 2.05) is 26.0 Å². The van der Waals surface area contributed by atoms with Gasteiger partial charge in [0.05, 0.1) is 17.5 Å². The molecule has 0 heterocycles. The number of halogens is 3. The predicted octanol–water partition coefficient (Wildman–Crippen LogP) is 3.93. The Balaban J connectivity index is 1.61. The summed E-state index contributed by atoms with van der Waals surface area (Å²) in [7, 11) is 0. The van der Waals surface area contributed by atoms with Crippen LogP contribution in [0.25, 0.3) is 0 Å². The molecule has 2 amide bonds. The molecule has 136 valence electrons. The van der Waals surface area contributed by atoms with Crippen molar-refractivity contribution < 1.29 is 22.8 Å². The van der Waals surface area contributed by atoms with Crippen LogP contribution < -0.4 is 10.6 Å². The molecule has 2 aromatic carbocycles. The van der Waals surface area contributed by atoms with Gasteiger partial charge in [0.1, 0.15) is 0 Å². The van der Waals surface area contributed by atoms with Crippen molar-refractivity contribution in [2.45, 2.75) is 20.3 Å². The van der Waals surface area contributed by atoms with Gasteiger partial charge in [-0.1, -0.05) is 6.07 Å². The molecule has 2 atom stereocenters. The Kier molecular flexibility index (Phi) is 4.71. The second kappa shape index (κ2) is 6.82. The molecule has 2 N–H and O–H groups in total. The van der Waals surface area contributed by atoms with E-state index in [2.05, 4.69) is 10.6 Å². The van der Waals surface area contributed by atoms with Crippen molar-refractivity contribution in [3.8, 4) is 0 Å². The Hall–Kier alpha value is -2.83. The van der Waals surface area contributed by atoms with Crippen LogP contribution in [-0.2, 0) is 9.59 Å². The summed E-state index contributed by atoms with van der Waals surface area (Å²) in [6.07, 6.45) is 0.313. The standard InChI is InChI=1S/C19H17F3N2O2/c1-9-3-4-11(7-10(9)2)23-18(25)12-8-13(12)19(26)24-15-6-5-14(20)16(21)17(15)22/h3-7,12-13H,8H2,1-2H3,(H,23,25)(H,24,26). The maximum absolute atomic E-state index is 13.6. The van der Waals surface area contributed by atoms with Crippen LogP contribution in [0.3, 0.4) is 0 Å².